The molecule has 2 aromatic rings. The minimum atomic E-state index is -4.76. The second kappa shape index (κ2) is 4.60. The fraction of sp³-hybridized carbons (Fsp3) is 0.0769. The van der Waals surface area contributed by atoms with E-state index in [-0.39, 0.29) is 11.4 Å². The van der Waals surface area contributed by atoms with Crippen molar-refractivity contribution < 1.29 is 17.9 Å². The molecular weight excluding hydrogens is 243 g/mol. The lowest BCUT2D eigenvalue weighted by atomic mass is 10.0. The molecule has 0 saturated heterocycles. The number of hydrogen-bond acceptors (Lipinski definition) is 2. The SMILES string of the molecule is Nc1cccc(-c2ccccc2)c1OC(F)(F)F. The summed E-state index contributed by atoms with van der Waals surface area (Å²) in [6.07, 6.45) is -4.76. The van der Waals surface area contributed by atoms with Crippen LogP contribution in [0.15, 0.2) is 48.5 Å². The summed E-state index contributed by atoms with van der Waals surface area (Å²) >= 11 is 0. The van der Waals surface area contributed by atoms with Gasteiger partial charge in [0.15, 0.2) is 5.75 Å². The topological polar surface area (TPSA) is 35.2 Å². The van der Waals surface area contributed by atoms with Gasteiger partial charge in [-0.3, -0.25) is 0 Å². The normalized spacial score (nSPS) is 11.3. The van der Waals surface area contributed by atoms with Gasteiger partial charge in [-0.25, -0.2) is 0 Å². The Morgan fingerprint density at radius 3 is 2.17 bits per heavy atom. The zero-order valence-electron chi connectivity index (χ0n) is 9.24. The Morgan fingerprint density at radius 2 is 1.56 bits per heavy atom. The Labute approximate surface area is 102 Å². The fourth-order valence-electron chi connectivity index (χ4n) is 1.63. The Bertz CT molecular complexity index is 538. The van der Waals surface area contributed by atoms with Crippen molar-refractivity contribution in [3.05, 3.63) is 48.5 Å². The molecule has 0 aliphatic heterocycles. The molecule has 0 saturated carbocycles. The van der Waals surface area contributed by atoms with Crippen molar-refractivity contribution in [1.29, 1.82) is 0 Å². The van der Waals surface area contributed by atoms with Crippen LogP contribution in [0.3, 0.4) is 0 Å². The van der Waals surface area contributed by atoms with Crippen molar-refractivity contribution in [2.75, 3.05) is 5.73 Å². The molecule has 0 heterocycles. The molecule has 94 valence electrons. The van der Waals surface area contributed by atoms with E-state index in [1.807, 2.05) is 0 Å². The van der Waals surface area contributed by atoms with Gasteiger partial charge in [-0.05, 0) is 11.6 Å². The predicted molar refractivity (Wildman–Crippen MR) is 63.0 cm³/mol. The molecule has 0 amide bonds. The minimum Gasteiger partial charge on any atom is -0.403 e. The molecule has 0 spiro atoms. The van der Waals surface area contributed by atoms with Crippen LogP contribution < -0.4 is 10.5 Å². The van der Waals surface area contributed by atoms with Gasteiger partial charge in [-0.2, -0.15) is 0 Å². The maximum absolute atomic E-state index is 12.3. The average molecular weight is 253 g/mol. The highest BCUT2D eigenvalue weighted by molar-refractivity contribution is 5.77. The molecule has 2 N–H and O–H groups in total. The number of hydrogen-bond donors (Lipinski definition) is 1. The molecule has 2 aromatic carbocycles. The van der Waals surface area contributed by atoms with E-state index >= 15 is 0 Å². The third kappa shape index (κ3) is 2.74. The average Bonchev–Trinajstić information content (AvgIpc) is 2.31. The zero-order valence-corrected chi connectivity index (χ0v) is 9.24. The molecule has 0 aromatic heterocycles. The first-order chi connectivity index (χ1) is 8.47. The minimum absolute atomic E-state index is 0.0475. The molecule has 0 aliphatic rings. The predicted octanol–water partition coefficient (Wildman–Crippen LogP) is 3.83. The summed E-state index contributed by atoms with van der Waals surface area (Å²) < 4.78 is 41.0. The van der Waals surface area contributed by atoms with E-state index in [0.29, 0.717) is 11.1 Å². The van der Waals surface area contributed by atoms with Crippen molar-refractivity contribution in [2.24, 2.45) is 0 Å². The van der Waals surface area contributed by atoms with E-state index in [0.717, 1.165) is 0 Å². The van der Waals surface area contributed by atoms with Crippen LogP contribution in [0.25, 0.3) is 11.1 Å². The van der Waals surface area contributed by atoms with E-state index in [1.165, 1.54) is 12.1 Å². The van der Waals surface area contributed by atoms with Gasteiger partial charge in [0.05, 0.1) is 5.69 Å². The van der Waals surface area contributed by atoms with Crippen LogP contribution in [0.4, 0.5) is 18.9 Å². The van der Waals surface area contributed by atoms with E-state index in [9.17, 15) is 13.2 Å². The highest BCUT2D eigenvalue weighted by atomic mass is 19.4. The summed E-state index contributed by atoms with van der Waals surface area (Å²) in [6.45, 7) is 0. The number of anilines is 1. The van der Waals surface area contributed by atoms with Gasteiger partial charge in [-0.1, -0.05) is 42.5 Å². The molecule has 0 aliphatic carbocycles. The van der Waals surface area contributed by atoms with Crippen LogP contribution in [-0.4, -0.2) is 6.36 Å². The maximum Gasteiger partial charge on any atom is 0.573 e. The number of ether oxygens (including phenoxy) is 1. The second-order valence-electron chi connectivity index (χ2n) is 3.64. The molecule has 0 atom stereocenters. The van der Waals surface area contributed by atoms with Crippen LogP contribution >= 0.6 is 0 Å². The molecule has 0 radical (unpaired) electrons. The monoisotopic (exact) mass is 253 g/mol. The molecule has 2 rings (SSSR count). The van der Waals surface area contributed by atoms with Gasteiger partial charge >= 0.3 is 6.36 Å². The van der Waals surface area contributed by atoms with Gasteiger partial charge in [0.1, 0.15) is 0 Å². The molecule has 2 nitrogen and oxygen atoms in total. The van der Waals surface area contributed by atoms with Crippen molar-refractivity contribution >= 4 is 5.69 Å². The third-order valence-corrected chi connectivity index (χ3v) is 2.35. The highest BCUT2D eigenvalue weighted by Gasteiger charge is 2.33. The zero-order chi connectivity index (χ0) is 13.2. The summed E-state index contributed by atoms with van der Waals surface area (Å²) in [5, 5.41) is 0. The van der Waals surface area contributed by atoms with Crippen LogP contribution in [0.5, 0.6) is 5.75 Å². The van der Waals surface area contributed by atoms with E-state index in [4.69, 9.17) is 5.73 Å². The molecular formula is C13H10F3NO. The van der Waals surface area contributed by atoms with Crippen molar-refractivity contribution in [3.63, 3.8) is 0 Å². The van der Waals surface area contributed by atoms with Gasteiger partial charge in [0, 0.05) is 5.56 Å². The van der Waals surface area contributed by atoms with Crippen molar-refractivity contribution in [2.45, 2.75) is 6.36 Å². The van der Waals surface area contributed by atoms with Crippen LogP contribution in [0.1, 0.15) is 0 Å². The molecule has 0 bridgehead atoms. The standard InChI is InChI=1S/C13H10F3NO/c14-13(15,16)18-12-10(7-4-8-11(12)17)9-5-2-1-3-6-9/h1-8H,17H2. The molecule has 0 unspecified atom stereocenters. The summed E-state index contributed by atoms with van der Waals surface area (Å²) in [5.41, 5.74) is 6.42. The second-order valence-corrected chi connectivity index (χ2v) is 3.64. The number of para-hydroxylation sites is 1. The van der Waals surface area contributed by atoms with E-state index < -0.39 is 6.36 Å². The summed E-state index contributed by atoms with van der Waals surface area (Å²) in [7, 11) is 0. The number of nitrogens with two attached hydrogens (primary N) is 1. The number of rotatable bonds is 2. The maximum atomic E-state index is 12.3. The lowest BCUT2D eigenvalue weighted by Gasteiger charge is -2.15. The quantitative estimate of drug-likeness (QED) is 0.825. The number of halogens is 3. The number of nitrogen functional groups attached to an aromatic ring is 1. The Morgan fingerprint density at radius 1 is 0.889 bits per heavy atom. The number of alkyl halides is 3. The molecule has 5 heteroatoms. The van der Waals surface area contributed by atoms with Crippen LogP contribution in [0, 0.1) is 0 Å². The first kappa shape index (κ1) is 12.3. The Kier molecular flexibility index (Phi) is 3.14. The number of benzene rings is 2. The Balaban J connectivity index is 2.51. The van der Waals surface area contributed by atoms with E-state index in [1.54, 1.807) is 36.4 Å². The summed E-state index contributed by atoms with van der Waals surface area (Å²) in [4.78, 5) is 0. The first-order valence-corrected chi connectivity index (χ1v) is 5.17. The summed E-state index contributed by atoms with van der Waals surface area (Å²) in [6, 6.07) is 13.1. The lowest BCUT2D eigenvalue weighted by molar-refractivity contribution is -0.274. The lowest BCUT2D eigenvalue weighted by Crippen LogP contribution is -2.18. The fourth-order valence-corrected chi connectivity index (χ4v) is 1.63. The molecule has 0 fully saturated rings. The van der Waals surface area contributed by atoms with Crippen LogP contribution in [-0.2, 0) is 0 Å². The van der Waals surface area contributed by atoms with Crippen LogP contribution in [0.2, 0.25) is 0 Å². The van der Waals surface area contributed by atoms with E-state index in [2.05, 4.69) is 4.74 Å². The third-order valence-electron chi connectivity index (χ3n) is 2.35. The smallest absolute Gasteiger partial charge is 0.403 e. The first-order valence-electron chi connectivity index (χ1n) is 5.17. The largest absolute Gasteiger partial charge is 0.573 e. The Hall–Kier alpha value is -2.17. The van der Waals surface area contributed by atoms with Gasteiger partial charge in [-0.15, -0.1) is 13.2 Å². The van der Waals surface area contributed by atoms with Crippen molar-refractivity contribution in [1.82, 2.24) is 0 Å². The van der Waals surface area contributed by atoms with Crippen molar-refractivity contribution in [3.8, 4) is 16.9 Å². The highest BCUT2D eigenvalue weighted by Crippen LogP contribution is 2.37. The van der Waals surface area contributed by atoms with Gasteiger partial charge in [0.25, 0.3) is 0 Å². The molecule has 18 heavy (non-hydrogen) atoms. The van der Waals surface area contributed by atoms with Gasteiger partial charge < -0.3 is 10.5 Å². The van der Waals surface area contributed by atoms with Gasteiger partial charge in [0.2, 0.25) is 0 Å². The summed E-state index contributed by atoms with van der Waals surface area (Å²) in [5.74, 6) is -0.365.